The topological polar surface area (TPSA) is 44.5 Å². The van der Waals surface area contributed by atoms with Crippen LogP contribution in [0, 0.1) is 0 Å². The fraction of sp³-hybridized carbons (Fsp3) is 0.294. The van der Waals surface area contributed by atoms with E-state index in [9.17, 15) is 0 Å². The first-order valence-electron chi connectivity index (χ1n) is 7.01. The Morgan fingerprint density at radius 1 is 1.10 bits per heavy atom. The van der Waals surface area contributed by atoms with Gasteiger partial charge in [-0.1, -0.05) is 35.0 Å². The number of nitrogens with two attached hydrogens (primary N) is 1. The Morgan fingerprint density at radius 2 is 1.90 bits per heavy atom. The van der Waals surface area contributed by atoms with Crippen LogP contribution in [0.3, 0.4) is 0 Å². The van der Waals surface area contributed by atoms with E-state index in [-0.39, 0.29) is 0 Å². The molecule has 2 N–H and O–H groups in total. The van der Waals surface area contributed by atoms with E-state index in [1.807, 2.05) is 30.3 Å². The van der Waals surface area contributed by atoms with Crippen LogP contribution in [0.2, 0.25) is 0 Å². The Hall–Kier alpha value is -1.52. The first-order chi connectivity index (χ1) is 10.2. The molecule has 0 radical (unpaired) electrons. The highest BCUT2D eigenvalue weighted by Gasteiger charge is 2.08. The lowest BCUT2D eigenvalue weighted by molar-refractivity contribution is 0.378. The molecule has 0 bridgehead atoms. The van der Waals surface area contributed by atoms with Crippen LogP contribution in [0.5, 0.6) is 17.2 Å². The van der Waals surface area contributed by atoms with Crippen LogP contribution in [-0.2, 0) is 12.8 Å². The van der Waals surface area contributed by atoms with E-state index in [1.165, 1.54) is 11.1 Å². The van der Waals surface area contributed by atoms with Gasteiger partial charge < -0.3 is 15.2 Å². The van der Waals surface area contributed by atoms with Crippen LogP contribution in [0.1, 0.15) is 18.1 Å². The summed E-state index contributed by atoms with van der Waals surface area (Å²) in [6, 6.07) is 11.9. The molecule has 0 atom stereocenters. The fourth-order valence-electron chi connectivity index (χ4n) is 2.09. The van der Waals surface area contributed by atoms with Crippen molar-refractivity contribution in [1.29, 1.82) is 0 Å². The minimum Gasteiger partial charge on any atom is -0.493 e. The monoisotopic (exact) mass is 349 g/mol. The van der Waals surface area contributed by atoms with E-state index in [4.69, 9.17) is 15.2 Å². The lowest BCUT2D eigenvalue weighted by Gasteiger charge is -2.12. The van der Waals surface area contributed by atoms with Crippen molar-refractivity contribution in [2.45, 2.75) is 19.8 Å². The van der Waals surface area contributed by atoms with Crippen molar-refractivity contribution < 1.29 is 9.47 Å². The summed E-state index contributed by atoms with van der Waals surface area (Å²) < 4.78 is 12.3. The number of benzene rings is 2. The second-order valence-corrected chi connectivity index (χ2v) is 5.59. The minimum absolute atomic E-state index is 0.630. The van der Waals surface area contributed by atoms with Crippen LogP contribution >= 0.6 is 15.9 Å². The van der Waals surface area contributed by atoms with Crippen LogP contribution in [0.25, 0.3) is 0 Å². The molecule has 112 valence electrons. The molecule has 0 amide bonds. The van der Waals surface area contributed by atoms with Gasteiger partial charge in [-0.25, -0.2) is 0 Å². The van der Waals surface area contributed by atoms with E-state index >= 15 is 0 Å². The average molecular weight is 350 g/mol. The SMILES string of the molecule is CCc1ccc(Oc2ccc(CCN)c(Br)c2)c(OC)c1. The molecule has 2 aromatic carbocycles. The van der Waals surface area contributed by atoms with Crippen molar-refractivity contribution in [3.63, 3.8) is 0 Å². The van der Waals surface area contributed by atoms with Gasteiger partial charge in [0.2, 0.25) is 0 Å². The summed E-state index contributed by atoms with van der Waals surface area (Å²) in [5.41, 5.74) is 7.99. The maximum Gasteiger partial charge on any atom is 0.169 e. The molecule has 21 heavy (non-hydrogen) atoms. The molecule has 4 heteroatoms. The molecule has 2 rings (SSSR count). The number of aryl methyl sites for hydroxylation is 1. The highest BCUT2D eigenvalue weighted by atomic mass is 79.9. The number of methoxy groups -OCH3 is 1. The molecule has 0 aliphatic carbocycles. The highest BCUT2D eigenvalue weighted by molar-refractivity contribution is 9.10. The van der Waals surface area contributed by atoms with Gasteiger partial charge in [-0.15, -0.1) is 0 Å². The predicted molar refractivity (Wildman–Crippen MR) is 89.3 cm³/mol. The normalized spacial score (nSPS) is 10.5. The number of ether oxygens (including phenoxy) is 2. The molecular formula is C17H20BrNO2. The quantitative estimate of drug-likeness (QED) is 0.844. The van der Waals surface area contributed by atoms with Crippen LogP contribution < -0.4 is 15.2 Å². The lowest BCUT2D eigenvalue weighted by Crippen LogP contribution is -2.03. The second-order valence-electron chi connectivity index (χ2n) is 4.73. The van der Waals surface area contributed by atoms with Gasteiger partial charge >= 0.3 is 0 Å². The van der Waals surface area contributed by atoms with Gasteiger partial charge in [0.25, 0.3) is 0 Å². The molecule has 0 heterocycles. The molecule has 0 fully saturated rings. The lowest BCUT2D eigenvalue weighted by atomic mass is 10.1. The third-order valence-electron chi connectivity index (χ3n) is 3.30. The molecule has 0 saturated carbocycles. The molecule has 0 aromatic heterocycles. The van der Waals surface area contributed by atoms with Crippen molar-refractivity contribution in [3.8, 4) is 17.2 Å². The van der Waals surface area contributed by atoms with Crippen molar-refractivity contribution in [2.24, 2.45) is 5.73 Å². The van der Waals surface area contributed by atoms with Gasteiger partial charge in [-0.3, -0.25) is 0 Å². The largest absolute Gasteiger partial charge is 0.493 e. The summed E-state index contributed by atoms with van der Waals surface area (Å²) in [7, 11) is 1.65. The summed E-state index contributed by atoms with van der Waals surface area (Å²) in [6.07, 6.45) is 1.81. The average Bonchev–Trinajstić information content (AvgIpc) is 2.50. The van der Waals surface area contributed by atoms with Crippen molar-refractivity contribution in [2.75, 3.05) is 13.7 Å². The summed E-state index contributed by atoms with van der Waals surface area (Å²) >= 11 is 3.55. The summed E-state index contributed by atoms with van der Waals surface area (Å²) in [6.45, 7) is 2.74. The third-order valence-corrected chi connectivity index (χ3v) is 4.04. The Morgan fingerprint density at radius 3 is 2.52 bits per heavy atom. The first kappa shape index (κ1) is 15.9. The third kappa shape index (κ3) is 3.99. The zero-order valence-corrected chi connectivity index (χ0v) is 13.9. The molecule has 0 unspecified atom stereocenters. The Labute approximate surface area is 134 Å². The van der Waals surface area contributed by atoms with Crippen molar-refractivity contribution in [1.82, 2.24) is 0 Å². The Bertz CT molecular complexity index is 614. The smallest absolute Gasteiger partial charge is 0.169 e. The second kappa shape index (κ2) is 7.48. The zero-order chi connectivity index (χ0) is 15.2. The van der Waals surface area contributed by atoms with Gasteiger partial charge in [0, 0.05) is 4.47 Å². The number of hydrogen-bond acceptors (Lipinski definition) is 3. The van der Waals surface area contributed by atoms with Crippen LogP contribution in [-0.4, -0.2) is 13.7 Å². The van der Waals surface area contributed by atoms with Crippen molar-refractivity contribution >= 4 is 15.9 Å². The highest BCUT2D eigenvalue weighted by Crippen LogP contribution is 2.34. The number of hydrogen-bond donors (Lipinski definition) is 1. The van der Waals surface area contributed by atoms with Gasteiger partial charge in [-0.2, -0.15) is 0 Å². The minimum atomic E-state index is 0.630. The van der Waals surface area contributed by atoms with Crippen molar-refractivity contribution in [3.05, 3.63) is 52.0 Å². The van der Waals surface area contributed by atoms with Crippen LogP contribution in [0.15, 0.2) is 40.9 Å². The number of rotatable bonds is 6. The Balaban J connectivity index is 2.23. The molecular weight excluding hydrogens is 330 g/mol. The molecule has 0 aliphatic rings. The first-order valence-corrected chi connectivity index (χ1v) is 7.80. The van der Waals surface area contributed by atoms with Gasteiger partial charge in [-0.05, 0) is 54.8 Å². The molecule has 2 aromatic rings. The fourth-order valence-corrected chi connectivity index (χ4v) is 2.65. The number of halogens is 1. The summed E-state index contributed by atoms with van der Waals surface area (Å²) in [5, 5.41) is 0. The Kier molecular flexibility index (Phi) is 5.65. The maximum absolute atomic E-state index is 5.93. The summed E-state index contributed by atoms with van der Waals surface area (Å²) in [4.78, 5) is 0. The van der Waals surface area contributed by atoms with Gasteiger partial charge in [0.05, 0.1) is 7.11 Å². The summed E-state index contributed by atoms with van der Waals surface area (Å²) in [5.74, 6) is 2.23. The van der Waals surface area contributed by atoms with E-state index in [2.05, 4.69) is 28.9 Å². The molecule has 3 nitrogen and oxygen atoms in total. The van der Waals surface area contributed by atoms with E-state index in [1.54, 1.807) is 7.11 Å². The molecule has 0 spiro atoms. The van der Waals surface area contributed by atoms with Gasteiger partial charge in [0.15, 0.2) is 11.5 Å². The molecule has 0 saturated heterocycles. The van der Waals surface area contributed by atoms with Gasteiger partial charge in [0.1, 0.15) is 5.75 Å². The van der Waals surface area contributed by atoms with Crippen LogP contribution in [0.4, 0.5) is 0 Å². The van der Waals surface area contributed by atoms with E-state index in [0.29, 0.717) is 12.3 Å². The zero-order valence-electron chi connectivity index (χ0n) is 12.4. The van der Waals surface area contributed by atoms with E-state index < -0.39 is 0 Å². The maximum atomic E-state index is 5.93. The predicted octanol–water partition coefficient (Wildman–Crippen LogP) is 4.31. The van der Waals surface area contributed by atoms with E-state index in [0.717, 1.165) is 28.8 Å². The standard InChI is InChI=1S/C17H20BrNO2/c1-3-12-4-7-16(17(10-12)20-2)21-14-6-5-13(8-9-19)15(18)11-14/h4-7,10-11H,3,8-9,19H2,1-2H3. The molecule has 0 aliphatic heterocycles.